The highest BCUT2D eigenvalue weighted by molar-refractivity contribution is 7.89. The zero-order valence-electron chi connectivity index (χ0n) is 26.0. The highest BCUT2D eigenvalue weighted by Gasteiger charge is 2.39. The van der Waals surface area contributed by atoms with Gasteiger partial charge in [0.1, 0.15) is 6.04 Å². The Labute approximate surface area is 278 Å². The van der Waals surface area contributed by atoms with E-state index in [1.165, 1.54) is 16.3 Å². The topological polar surface area (TPSA) is 154 Å². The standard InChI is InChI=1S/C33H36ClN5O7S/c1-21-3-8-26(9-4-21)47(44,45)38(2)14-16-46-15-13-23-6-7-25(18-28(23)34)36-33(43)35-19-22-5-10-27-24(17-22)20-39(32(27)42)29-11-12-30(40)37-31(29)41/h3-10,17-18,29H,11-16,19-20H2,1-2H3,(H2,35,36,43)(H,37,40,41). The van der Waals surface area contributed by atoms with Gasteiger partial charge in [0.05, 0.1) is 18.1 Å². The average molecular weight is 682 g/mol. The number of piperidine rings is 1. The number of carbonyl (C=O) groups excluding carboxylic acids is 4. The van der Waals surface area contributed by atoms with Gasteiger partial charge in [0.2, 0.25) is 21.8 Å². The number of sulfonamides is 1. The van der Waals surface area contributed by atoms with Crippen LogP contribution < -0.4 is 16.0 Å². The highest BCUT2D eigenvalue weighted by atomic mass is 35.5. The van der Waals surface area contributed by atoms with Crippen molar-refractivity contribution >= 4 is 51.1 Å². The number of rotatable bonds is 12. The van der Waals surface area contributed by atoms with Crippen molar-refractivity contribution in [2.24, 2.45) is 0 Å². The predicted octanol–water partition coefficient (Wildman–Crippen LogP) is 3.61. The molecule has 12 nitrogen and oxygen atoms in total. The fraction of sp³-hybridized carbons (Fsp3) is 0.333. The molecule has 47 heavy (non-hydrogen) atoms. The zero-order valence-corrected chi connectivity index (χ0v) is 27.6. The van der Waals surface area contributed by atoms with Gasteiger partial charge in [0.15, 0.2) is 0 Å². The zero-order chi connectivity index (χ0) is 33.7. The molecular formula is C33H36ClN5O7S. The monoisotopic (exact) mass is 681 g/mol. The van der Waals surface area contributed by atoms with Gasteiger partial charge in [-0.1, -0.05) is 47.5 Å². The molecule has 2 aliphatic rings. The van der Waals surface area contributed by atoms with Gasteiger partial charge in [0.25, 0.3) is 5.91 Å². The summed E-state index contributed by atoms with van der Waals surface area (Å²) in [6.45, 7) is 3.11. The largest absolute Gasteiger partial charge is 0.380 e. The summed E-state index contributed by atoms with van der Waals surface area (Å²) in [5.41, 5.74) is 4.34. The van der Waals surface area contributed by atoms with Crippen molar-refractivity contribution in [1.29, 1.82) is 0 Å². The molecule has 3 aromatic carbocycles. The van der Waals surface area contributed by atoms with E-state index in [1.807, 2.05) is 13.0 Å². The Bertz CT molecular complexity index is 1800. The second-order valence-corrected chi connectivity index (χ2v) is 14.0. The first-order valence-corrected chi connectivity index (χ1v) is 16.9. The van der Waals surface area contributed by atoms with Crippen LogP contribution in [-0.4, -0.2) is 74.2 Å². The van der Waals surface area contributed by atoms with E-state index in [0.717, 1.165) is 22.3 Å². The number of ether oxygens (including phenoxy) is 1. The van der Waals surface area contributed by atoms with E-state index in [9.17, 15) is 27.6 Å². The molecule has 3 aromatic rings. The molecule has 1 saturated heterocycles. The maximum atomic E-state index is 12.9. The third-order valence-corrected chi connectivity index (χ3v) is 10.4. The number of nitrogens with zero attached hydrogens (tertiary/aromatic N) is 2. The van der Waals surface area contributed by atoms with Crippen molar-refractivity contribution < 1.29 is 32.3 Å². The molecule has 3 N–H and O–H groups in total. The summed E-state index contributed by atoms with van der Waals surface area (Å²) in [6.07, 6.45) is 0.980. The van der Waals surface area contributed by atoms with Crippen LogP contribution in [0.3, 0.4) is 0 Å². The number of aryl methyl sites for hydroxylation is 1. The van der Waals surface area contributed by atoms with Crippen molar-refractivity contribution in [1.82, 2.24) is 19.8 Å². The number of carbonyl (C=O) groups is 4. The quantitative estimate of drug-likeness (QED) is 0.195. The Kier molecular flexibility index (Phi) is 10.6. The molecule has 0 radical (unpaired) electrons. The summed E-state index contributed by atoms with van der Waals surface area (Å²) in [6, 6.07) is 16.0. The molecule has 0 saturated carbocycles. The number of halogens is 1. The minimum atomic E-state index is -3.59. The Hall–Kier alpha value is -4.30. The highest BCUT2D eigenvalue weighted by Crippen LogP contribution is 2.28. The number of nitrogens with one attached hydrogen (secondary N) is 3. The lowest BCUT2D eigenvalue weighted by atomic mass is 10.0. The van der Waals surface area contributed by atoms with Gasteiger partial charge < -0.3 is 20.3 Å². The first kappa shape index (κ1) is 34.0. The van der Waals surface area contributed by atoms with Crippen LogP contribution in [0, 0.1) is 6.92 Å². The Morgan fingerprint density at radius 2 is 1.83 bits per heavy atom. The van der Waals surface area contributed by atoms with Crippen LogP contribution in [0.2, 0.25) is 5.02 Å². The predicted molar refractivity (Wildman–Crippen MR) is 175 cm³/mol. The molecule has 5 amide bonds. The normalized spacial score (nSPS) is 16.3. The minimum Gasteiger partial charge on any atom is -0.380 e. The molecule has 2 aliphatic heterocycles. The lowest BCUT2D eigenvalue weighted by Crippen LogP contribution is -2.52. The van der Waals surface area contributed by atoms with Crippen molar-refractivity contribution in [3.8, 4) is 0 Å². The van der Waals surface area contributed by atoms with Gasteiger partial charge in [-0.2, -0.15) is 4.31 Å². The van der Waals surface area contributed by atoms with Crippen LogP contribution in [0.25, 0.3) is 0 Å². The molecule has 0 aliphatic carbocycles. The number of fused-ring (bicyclic) bond motifs is 1. The van der Waals surface area contributed by atoms with Gasteiger partial charge >= 0.3 is 6.03 Å². The Balaban J connectivity index is 1.04. The molecule has 1 fully saturated rings. The van der Waals surface area contributed by atoms with Crippen LogP contribution in [0.15, 0.2) is 65.6 Å². The molecule has 5 rings (SSSR count). The number of likely N-dealkylation sites (N-methyl/N-ethyl adjacent to an activating group) is 1. The van der Waals surface area contributed by atoms with Crippen LogP contribution >= 0.6 is 11.6 Å². The number of urea groups is 1. The summed E-state index contributed by atoms with van der Waals surface area (Å²) in [5.74, 6) is -1.05. The van der Waals surface area contributed by atoms with Crippen molar-refractivity contribution in [2.45, 2.75) is 50.2 Å². The molecule has 14 heteroatoms. The summed E-state index contributed by atoms with van der Waals surface area (Å²) >= 11 is 6.45. The fourth-order valence-corrected chi connectivity index (χ4v) is 6.84. The summed E-state index contributed by atoms with van der Waals surface area (Å²) in [4.78, 5) is 51.0. The maximum absolute atomic E-state index is 12.9. The van der Waals surface area contributed by atoms with E-state index in [0.29, 0.717) is 35.7 Å². The molecule has 0 aromatic heterocycles. The smallest absolute Gasteiger partial charge is 0.319 e. The lowest BCUT2D eigenvalue weighted by Gasteiger charge is -2.29. The average Bonchev–Trinajstić information content (AvgIpc) is 3.35. The van der Waals surface area contributed by atoms with Crippen molar-refractivity contribution in [2.75, 3.05) is 32.1 Å². The third kappa shape index (κ3) is 8.17. The van der Waals surface area contributed by atoms with Gasteiger partial charge in [-0.25, -0.2) is 13.2 Å². The molecule has 248 valence electrons. The Morgan fingerprint density at radius 3 is 2.55 bits per heavy atom. The number of benzene rings is 3. The first-order chi connectivity index (χ1) is 22.4. The van der Waals surface area contributed by atoms with Gasteiger partial charge in [-0.05, 0) is 66.8 Å². The number of amides is 5. The molecular weight excluding hydrogens is 646 g/mol. The summed E-state index contributed by atoms with van der Waals surface area (Å²) in [5, 5.41) is 8.29. The SMILES string of the molecule is Cc1ccc(S(=O)(=O)N(C)CCOCCc2ccc(NC(=O)NCc3ccc4c(c3)CN(C3CCC(=O)NC3=O)C4=O)cc2Cl)cc1. The van der Waals surface area contributed by atoms with E-state index >= 15 is 0 Å². The van der Waals surface area contributed by atoms with E-state index in [2.05, 4.69) is 16.0 Å². The number of hydrogen-bond donors (Lipinski definition) is 3. The molecule has 0 spiro atoms. The summed E-state index contributed by atoms with van der Waals surface area (Å²) < 4.78 is 32.3. The Morgan fingerprint density at radius 1 is 1.06 bits per heavy atom. The van der Waals surface area contributed by atoms with E-state index in [1.54, 1.807) is 54.6 Å². The number of anilines is 1. The van der Waals surface area contributed by atoms with Crippen molar-refractivity contribution in [3.05, 3.63) is 93.5 Å². The van der Waals surface area contributed by atoms with Gasteiger partial charge in [-0.3, -0.25) is 19.7 Å². The van der Waals surface area contributed by atoms with E-state index in [-0.39, 0.29) is 49.4 Å². The van der Waals surface area contributed by atoms with E-state index < -0.39 is 28.0 Å². The third-order valence-electron chi connectivity index (χ3n) is 8.15. The van der Waals surface area contributed by atoms with Gasteiger partial charge in [-0.15, -0.1) is 0 Å². The minimum absolute atomic E-state index is 0.187. The molecule has 0 bridgehead atoms. The van der Waals surface area contributed by atoms with Crippen LogP contribution in [0.4, 0.5) is 10.5 Å². The first-order valence-electron chi connectivity index (χ1n) is 15.1. The van der Waals surface area contributed by atoms with Crippen LogP contribution in [0.1, 0.15) is 45.5 Å². The second kappa shape index (κ2) is 14.6. The van der Waals surface area contributed by atoms with Crippen LogP contribution in [-0.2, 0) is 43.9 Å². The molecule has 1 atom stereocenters. The van der Waals surface area contributed by atoms with Crippen LogP contribution in [0.5, 0.6) is 0 Å². The molecule has 2 heterocycles. The summed E-state index contributed by atoms with van der Waals surface area (Å²) in [7, 11) is -2.07. The number of hydrogen-bond acceptors (Lipinski definition) is 7. The molecule has 1 unspecified atom stereocenters. The second-order valence-electron chi connectivity index (χ2n) is 11.5. The maximum Gasteiger partial charge on any atom is 0.319 e. The lowest BCUT2D eigenvalue weighted by molar-refractivity contribution is -0.136. The van der Waals surface area contributed by atoms with E-state index in [4.69, 9.17) is 16.3 Å². The van der Waals surface area contributed by atoms with Crippen molar-refractivity contribution in [3.63, 3.8) is 0 Å². The fourth-order valence-electron chi connectivity index (χ4n) is 5.41. The number of imide groups is 1. The van der Waals surface area contributed by atoms with Gasteiger partial charge in [0, 0.05) is 49.4 Å².